The quantitative estimate of drug-likeness (QED) is 0.304. The van der Waals surface area contributed by atoms with Crippen LogP contribution in [-0.4, -0.2) is 36.5 Å². The summed E-state index contributed by atoms with van der Waals surface area (Å²) < 4.78 is 12.7. The van der Waals surface area contributed by atoms with Gasteiger partial charge in [-0.25, -0.2) is 4.99 Å². The van der Waals surface area contributed by atoms with Crippen LogP contribution in [0.1, 0.15) is 43.3 Å². The van der Waals surface area contributed by atoms with Crippen molar-refractivity contribution in [1.29, 1.82) is 0 Å². The topological polar surface area (TPSA) is 72.7 Å². The van der Waals surface area contributed by atoms with E-state index in [1.54, 1.807) is 14.2 Å². The second-order valence-electron chi connectivity index (χ2n) is 6.43. The van der Waals surface area contributed by atoms with Crippen molar-refractivity contribution in [2.24, 2.45) is 12.0 Å². The van der Waals surface area contributed by atoms with Crippen LogP contribution in [0.25, 0.3) is 0 Å². The van der Waals surface area contributed by atoms with Gasteiger partial charge >= 0.3 is 0 Å². The van der Waals surface area contributed by atoms with Gasteiger partial charge in [0.25, 0.3) is 0 Å². The lowest BCUT2D eigenvalue weighted by Gasteiger charge is -2.13. The molecule has 2 aromatic rings. The number of aryl methyl sites for hydroxylation is 2. The van der Waals surface area contributed by atoms with E-state index in [1.807, 2.05) is 29.9 Å². The molecule has 1 heterocycles. The fourth-order valence-electron chi connectivity index (χ4n) is 3.25. The average molecular weight is 515 g/mol. The molecule has 0 spiro atoms. The van der Waals surface area contributed by atoms with E-state index in [-0.39, 0.29) is 24.0 Å². The van der Waals surface area contributed by atoms with Crippen LogP contribution in [0.4, 0.5) is 0 Å². The van der Waals surface area contributed by atoms with Crippen LogP contribution in [0.2, 0.25) is 0 Å². The molecule has 8 heteroatoms. The van der Waals surface area contributed by atoms with Crippen LogP contribution < -0.4 is 20.1 Å². The van der Waals surface area contributed by atoms with Crippen molar-refractivity contribution in [3.8, 4) is 11.5 Å². The maximum Gasteiger partial charge on any atom is 0.191 e. The molecule has 0 aliphatic heterocycles. The molecule has 0 saturated heterocycles. The maximum atomic E-state index is 5.47. The minimum Gasteiger partial charge on any atom is -0.497 e. The van der Waals surface area contributed by atoms with Crippen LogP contribution in [0.15, 0.2) is 23.2 Å². The molecule has 0 aliphatic rings. The fraction of sp³-hybridized carbons (Fsp3) is 0.524. The summed E-state index contributed by atoms with van der Waals surface area (Å²) in [4.78, 5) is 4.73. The van der Waals surface area contributed by atoms with Gasteiger partial charge in [-0.05, 0) is 31.9 Å². The zero-order chi connectivity index (χ0) is 20.5. The third-order valence-electron chi connectivity index (χ3n) is 4.71. The highest BCUT2D eigenvalue weighted by Crippen LogP contribution is 2.25. The molecule has 162 valence electrons. The Morgan fingerprint density at radius 2 is 1.86 bits per heavy atom. The highest BCUT2D eigenvalue weighted by atomic mass is 127. The van der Waals surface area contributed by atoms with E-state index >= 15 is 0 Å². The van der Waals surface area contributed by atoms with Gasteiger partial charge in [0, 0.05) is 43.0 Å². The molecule has 0 amide bonds. The minimum absolute atomic E-state index is 0. The number of guanidine groups is 1. The third kappa shape index (κ3) is 6.52. The first-order valence-corrected chi connectivity index (χ1v) is 9.84. The van der Waals surface area contributed by atoms with Crippen LogP contribution in [-0.2, 0) is 33.0 Å². The molecule has 0 radical (unpaired) electrons. The number of rotatable bonds is 9. The van der Waals surface area contributed by atoms with E-state index in [0.717, 1.165) is 48.1 Å². The molecule has 0 unspecified atom stereocenters. The van der Waals surface area contributed by atoms with E-state index < -0.39 is 0 Å². The number of hydrogen-bond donors (Lipinski definition) is 2. The molecular formula is C21H34IN5O2. The van der Waals surface area contributed by atoms with Gasteiger partial charge < -0.3 is 20.1 Å². The van der Waals surface area contributed by atoms with Gasteiger partial charge in [-0.3, -0.25) is 4.68 Å². The monoisotopic (exact) mass is 515 g/mol. The number of methoxy groups -OCH3 is 2. The number of benzene rings is 1. The molecule has 7 nitrogen and oxygen atoms in total. The van der Waals surface area contributed by atoms with E-state index in [4.69, 9.17) is 14.5 Å². The van der Waals surface area contributed by atoms with Crippen LogP contribution in [0, 0.1) is 0 Å². The van der Waals surface area contributed by atoms with Crippen molar-refractivity contribution >= 4 is 29.9 Å². The predicted molar refractivity (Wildman–Crippen MR) is 129 cm³/mol. The molecule has 0 aliphatic carbocycles. The predicted octanol–water partition coefficient (Wildman–Crippen LogP) is 3.44. The number of halogens is 1. The Bertz CT molecular complexity index is 805. The third-order valence-corrected chi connectivity index (χ3v) is 4.71. The van der Waals surface area contributed by atoms with Gasteiger partial charge in [0.1, 0.15) is 11.5 Å². The summed E-state index contributed by atoms with van der Waals surface area (Å²) in [6.45, 7) is 8.36. The summed E-state index contributed by atoms with van der Waals surface area (Å²) in [5, 5.41) is 11.4. The van der Waals surface area contributed by atoms with Gasteiger partial charge in [-0.15, -0.1) is 24.0 Å². The van der Waals surface area contributed by atoms with Gasteiger partial charge in [-0.1, -0.05) is 13.8 Å². The number of ether oxygens (including phenoxy) is 2. The average Bonchev–Trinajstić information content (AvgIpc) is 3.04. The molecular weight excluding hydrogens is 481 g/mol. The molecule has 0 bridgehead atoms. The first-order valence-electron chi connectivity index (χ1n) is 9.84. The zero-order valence-electron chi connectivity index (χ0n) is 18.3. The Kier molecular flexibility index (Phi) is 10.9. The second-order valence-corrected chi connectivity index (χ2v) is 6.43. The lowest BCUT2D eigenvalue weighted by atomic mass is 10.1. The molecule has 0 atom stereocenters. The van der Waals surface area contributed by atoms with Crippen LogP contribution >= 0.6 is 24.0 Å². The normalized spacial score (nSPS) is 11.0. The van der Waals surface area contributed by atoms with Crippen molar-refractivity contribution < 1.29 is 9.47 Å². The first kappa shape index (κ1) is 25.1. The summed E-state index contributed by atoms with van der Waals surface area (Å²) in [6.07, 6.45) is 1.87. The lowest BCUT2D eigenvalue weighted by Crippen LogP contribution is -2.37. The van der Waals surface area contributed by atoms with Crippen molar-refractivity contribution in [2.75, 3.05) is 20.8 Å². The number of hydrogen-bond acceptors (Lipinski definition) is 4. The zero-order valence-corrected chi connectivity index (χ0v) is 20.7. The minimum atomic E-state index is 0. The van der Waals surface area contributed by atoms with Gasteiger partial charge in [0.15, 0.2) is 5.96 Å². The molecule has 1 aromatic heterocycles. The molecule has 29 heavy (non-hydrogen) atoms. The van der Waals surface area contributed by atoms with Crippen molar-refractivity contribution in [3.63, 3.8) is 0 Å². The second kappa shape index (κ2) is 12.6. The summed E-state index contributed by atoms with van der Waals surface area (Å²) in [5.41, 5.74) is 4.67. The van der Waals surface area contributed by atoms with Gasteiger partial charge in [0.05, 0.1) is 26.5 Å². The Labute approximate surface area is 191 Å². The molecule has 1 aromatic carbocycles. The molecule has 0 fully saturated rings. The van der Waals surface area contributed by atoms with E-state index in [2.05, 4.69) is 36.5 Å². The highest BCUT2D eigenvalue weighted by Gasteiger charge is 2.14. The van der Waals surface area contributed by atoms with Crippen molar-refractivity contribution in [1.82, 2.24) is 20.4 Å². The Morgan fingerprint density at radius 1 is 1.10 bits per heavy atom. The summed E-state index contributed by atoms with van der Waals surface area (Å²) in [6, 6.07) is 5.78. The largest absolute Gasteiger partial charge is 0.497 e. The Morgan fingerprint density at radius 3 is 2.45 bits per heavy atom. The number of aromatic nitrogens is 2. The summed E-state index contributed by atoms with van der Waals surface area (Å²) >= 11 is 0. The number of nitrogens with one attached hydrogen (secondary N) is 2. The number of aliphatic imine (C=N–C) groups is 1. The SMILES string of the molecule is CCNC(=NCc1ccc(OC)cc1OC)NCc1c(CC)nn(C)c1CC.I. The van der Waals surface area contributed by atoms with E-state index in [0.29, 0.717) is 13.1 Å². The maximum absolute atomic E-state index is 5.47. The van der Waals surface area contributed by atoms with Gasteiger partial charge in [0.2, 0.25) is 0 Å². The number of nitrogens with zero attached hydrogens (tertiary/aromatic N) is 3. The standard InChI is InChI=1S/C21H33N5O2.HI/c1-7-18-17(19(8-2)26(4)25-18)14-24-21(22-9-3)23-13-15-10-11-16(27-5)12-20(15)28-6;/h10-12H,7-9,13-14H2,1-6H3,(H2,22,23,24);1H. The first-order chi connectivity index (χ1) is 13.6. The fourth-order valence-corrected chi connectivity index (χ4v) is 3.25. The Balaban J connectivity index is 0.00000420. The van der Waals surface area contributed by atoms with Crippen molar-refractivity contribution in [3.05, 3.63) is 40.7 Å². The van der Waals surface area contributed by atoms with E-state index in [1.165, 1.54) is 11.3 Å². The highest BCUT2D eigenvalue weighted by molar-refractivity contribution is 14.0. The van der Waals surface area contributed by atoms with E-state index in [9.17, 15) is 0 Å². The summed E-state index contributed by atoms with van der Waals surface area (Å²) in [7, 11) is 5.32. The van der Waals surface area contributed by atoms with Gasteiger partial charge in [-0.2, -0.15) is 5.10 Å². The lowest BCUT2D eigenvalue weighted by molar-refractivity contribution is 0.391. The molecule has 2 N–H and O–H groups in total. The van der Waals surface area contributed by atoms with Crippen molar-refractivity contribution in [2.45, 2.75) is 46.7 Å². The molecule has 0 saturated carbocycles. The summed E-state index contributed by atoms with van der Waals surface area (Å²) in [5.74, 6) is 2.31. The van der Waals surface area contributed by atoms with Crippen LogP contribution in [0.3, 0.4) is 0 Å². The smallest absolute Gasteiger partial charge is 0.191 e. The Hall–Kier alpha value is -1.97. The van der Waals surface area contributed by atoms with Crippen LogP contribution in [0.5, 0.6) is 11.5 Å². The molecule has 2 rings (SSSR count).